The first kappa shape index (κ1) is 16.5. The molecule has 0 aliphatic rings. The van der Waals surface area contributed by atoms with Gasteiger partial charge in [0.15, 0.2) is 5.58 Å². The van der Waals surface area contributed by atoms with Gasteiger partial charge in [-0.1, -0.05) is 43.5 Å². The molecule has 1 heterocycles. The van der Waals surface area contributed by atoms with Gasteiger partial charge in [-0.2, -0.15) is 4.57 Å². The maximum atomic E-state index is 12.1. The summed E-state index contributed by atoms with van der Waals surface area (Å²) in [5.41, 5.74) is 1.99. The number of benzene rings is 1. The minimum Gasteiger partial charge on any atom is -0.407 e. The number of carbonyl (C=O) groups is 1. The highest BCUT2D eigenvalue weighted by Gasteiger charge is 2.14. The van der Waals surface area contributed by atoms with Crippen LogP contribution in [0.1, 0.15) is 19.3 Å². The molecule has 0 spiro atoms. The molecule has 23 heavy (non-hydrogen) atoms. The van der Waals surface area contributed by atoms with E-state index in [1.54, 1.807) is 36.4 Å². The van der Waals surface area contributed by atoms with Gasteiger partial charge in [-0.05, 0) is 37.0 Å². The summed E-state index contributed by atoms with van der Waals surface area (Å²) in [5, 5.41) is 2.74. The molecule has 120 valence electrons. The van der Waals surface area contributed by atoms with Gasteiger partial charge < -0.3 is 9.73 Å². The van der Waals surface area contributed by atoms with Crippen molar-refractivity contribution in [1.82, 2.24) is 9.88 Å². The highest BCUT2D eigenvalue weighted by molar-refractivity contribution is 5.87. The second-order valence-electron chi connectivity index (χ2n) is 5.04. The van der Waals surface area contributed by atoms with Gasteiger partial charge in [0.2, 0.25) is 0 Å². The first-order valence-corrected chi connectivity index (χ1v) is 7.50. The Labute approximate surface area is 134 Å². The number of aromatic nitrogens is 1. The summed E-state index contributed by atoms with van der Waals surface area (Å²) in [5.74, 6) is -0.674. The van der Waals surface area contributed by atoms with E-state index in [0.29, 0.717) is 17.6 Å². The lowest BCUT2D eigenvalue weighted by molar-refractivity contribution is 0.241. The summed E-state index contributed by atoms with van der Waals surface area (Å²) >= 11 is 0. The summed E-state index contributed by atoms with van der Waals surface area (Å²) in [6.45, 7) is 7.89. The third-order valence-electron chi connectivity index (χ3n) is 3.45. The topological polar surface area (TPSA) is 64.2 Å². The average Bonchev–Trinajstić information content (AvgIpc) is 2.89. The van der Waals surface area contributed by atoms with Crippen molar-refractivity contribution in [3.05, 3.63) is 71.8 Å². The number of unbranched alkanes of at least 4 members (excludes halogenated alkanes) is 1. The summed E-state index contributed by atoms with van der Waals surface area (Å²) in [6.07, 6.45) is 8.04. The van der Waals surface area contributed by atoms with Crippen LogP contribution < -0.4 is 11.1 Å². The Morgan fingerprint density at radius 3 is 2.78 bits per heavy atom. The molecule has 0 bridgehead atoms. The average molecular weight is 312 g/mol. The second kappa shape index (κ2) is 7.98. The van der Waals surface area contributed by atoms with E-state index in [9.17, 15) is 9.59 Å². The van der Waals surface area contributed by atoms with Crippen LogP contribution in [0, 0.1) is 0 Å². The number of oxazole rings is 1. The van der Waals surface area contributed by atoms with Crippen LogP contribution in [-0.4, -0.2) is 17.1 Å². The van der Waals surface area contributed by atoms with E-state index in [0.717, 1.165) is 29.4 Å². The maximum Gasteiger partial charge on any atom is 0.428 e. The van der Waals surface area contributed by atoms with Crippen molar-refractivity contribution < 1.29 is 9.21 Å². The van der Waals surface area contributed by atoms with Crippen LogP contribution in [0.25, 0.3) is 11.1 Å². The molecule has 0 radical (unpaired) electrons. The standard InChI is InChI=1S/C18H20N2O3/c1-3-9-14(4-2)10-7-8-13-19-17(21)20-15-11-5-6-12-16(15)23-18(20)22/h3-6,9,11-12H,1-2,7-8,10,13H2,(H,19,21)/b14-9+. The first-order chi connectivity index (χ1) is 11.2. The highest BCUT2D eigenvalue weighted by atomic mass is 16.4. The number of rotatable bonds is 7. The largest absolute Gasteiger partial charge is 0.428 e. The molecule has 5 heteroatoms. The lowest BCUT2D eigenvalue weighted by Crippen LogP contribution is -2.34. The summed E-state index contributed by atoms with van der Waals surface area (Å²) in [7, 11) is 0. The van der Waals surface area contributed by atoms with Crippen molar-refractivity contribution in [2.75, 3.05) is 6.54 Å². The van der Waals surface area contributed by atoms with Crippen molar-refractivity contribution in [2.45, 2.75) is 19.3 Å². The molecule has 0 atom stereocenters. The molecule has 1 N–H and O–H groups in total. The van der Waals surface area contributed by atoms with E-state index >= 15 is 0 Å². The molecule has 1 amide bonds. The van der Waals surface area contributed by atoms with Gasteiger partial charge in [0, 0.05) is 6.54 Å². The number of hydrogen-bond acceptors (Lipinski definition) is 3. The van der Waals surface area contributed by atoms with E-state index in [1.807, 2.05) is 6.08 Å². The third-order valence-corrected chi connectivity index (χ3v) is 3.45. The van der Waals surface area contributed by atoms with Crippen LogP contribution in [0.5, 0.6) is 0 Å². The maximum absolute atomic E-state index is 12.1. The SMILES string of the molecule is C=C/C=C(\C=C)CCCCNC(=O)n1c(=O)oc2ccccc21. The molecule has 2 aromatic rings. The molecule has 1 aromatic heterocycles. The zero-order valence-electron chi connectivity index (χ0n) is 13.0. The van der Waals surface area contributed by atoms with Crippen LogP contribution in [0.15, 0.2) is 70.4 Å². The van der Waals surface area contributed by atoms with Crippen molar-refractivity contribution in [2.24, 2.45) is 0 Å². The summed E-state index contributed by atoms with van der Waals surface area (Å²) < 4.78 is 6.06. The molecule has 1 aromatic carbocycles. The number of amides is 1. The van der Waals surface area contributed by atoms with Crippen LogP contribution >= 0.6 is 0 Å². The normalized spacial score (nSPS) is 11.4. The minimum atomic E-state index is -0.674. The predicted molar refractivity (Wildman–Crippen MR) is 91.6 cm³/mol. The van der Waals surface area contributed by atoms with E-state index in [2.05, 4.69) is 18.5 Å². The van der Waals surface area contributed by atoms with E-state index in [-0.39, 0.29) is 0 Å². The highest BCUT2D eigenvalue weighted by Crippen LogP contribution is 2.11. The Morgan fingerprint density at radius 2 is 2.04 bits per heavy atom. The Kier molecular flexibility index (Phi) is 5.74. The minimum absolute atomic E-state index is 0.401. The molecule has 0 aliphatic carbocycles. The van der Waals surface area contributed by atoms with Crippen molar-refractivity contribution in [1.29, 1.82) is 0 Å². The predicted octanol–water partition coefficient (Wildman–Crippen LogP) is 3.62. The van der Waals surface area contributed by atoms with Crippen LogP contribution in [0.2, 0.25) is 0 Å². The molecule has 5 nitrogen and oxygen atoms in total. The number of para-hydroxylation sites is 2. The van der Waals surface area contributed by atoms with Gasteiger partial charge in [0.05, 0.1) is 5.52 Å². The molecule has 0 aliphatic heterocycles. The lowest BCUT2D eigenvalue weighted by Gasteiger charge is -2.05. The van der Waals surface area contributed by atoms with Crippen LogP contribution in [0.4, 0.5) is 4.79 Å². The molecular formula is C18H20N2O3. The number of allylic oxidation sites excluding steroid dienone is 4. The zero-order valence-corrected chi connectivity index (χ0v) is 13.0. The van der Waals surface area contributed by atoms with Crippen LogP contribution in [0.3, 0.4) is 0 Å². The second-order valence-corrected chi connectivity index (χ2v) is 5.04. The van der Waals surface area contributed by atoms with Gasteiger partial charge in [0.1, 0.15) is 0 Å². The number of nitrogens with one attached hydrogen (secondary N) is 1. The lowest BCUT2D eigenvalue weighted by atomic mass is 10.1. The Balaban J connectivity index is 1.89. The third kappa shape index (κ3) is 4.10. The van der Waals surface area contributed by atoms with E-state index < -0.39 is 11.8 Å². The Hall–Kier alpha value is -2.82. The quantitative estimate of drug-likeness (QED) is 0.627. The number of fused-ring (bicyclic) bond motifs is 1. The fourth-order valence-corrected chi connectivity index (χ4v) is 2.29. The fraction of sp³-hybridized carbons (Fsp3) is 0.222. The molecule has 2 rings (SSSR count). The Bertz CT molecular complexity index is 796. The summed E-state index contributed by atoms with van der Waals surface area (Å²) in [6, 6.07) is 6.37. The number of carbonyl (C=O) groups excluding carboxylic acids is 1. The summed E-state index contributed by atoms with van der Waals surface area (Å²) in [4.78, 5) is 23.9. The number of hydrogen-bond donors (Lipinski definition) is 1. The first-order valence-electron chi connectivity index (χ1n) is 7.50. The number of nitrogens with zero attached hydrogens (tertiary/aromatic N) is 1. The van der Waals surface area contributed by atoms with Crippen molar-refractivity contribution in [3.8, 4) is 0 Å². The molecule has 0 unspecified atom stereocenters. The monoisotopic (exact) mass is 312 g/mol. The van der Waals surface area contributed by atoms with Crippen molar-refractivity contribution >= 4 is 17.1 Å². The van der Waals surface area contributed by atoms with Gasteiger partial charge in [-0.15, -0.1) is 0 Å². The van der Waals surface area contributed by atoms with Crippen LogP contribution in [-0.2, 0) is 0 Å². The van der Waals surface area contributed by atoms with Gasteiger partial charge in [0.25, 0.3) is 0 Å². The zero-order chi connectivity index (χ0) is 16.7. The van der Waals surface area contributed by atoms with Gasteiger partial charge in [-0.3, -0.25) is 0 Å². The molecule has 0 fully saturated rings. The smallest absolute Gasteiger partial charge is 0.407 e. The van der Waals surface area contributed by atoms with E-state index in [1.165, 1.54) is 0 Å². The van der Waals surface area contributed by atoms with Gasteiger partial charge in [-0.25, -0.2) is 9.59 Å². The Morgan fingerprint density at radius 1 is 1.26 bits per heavy atom. The molecule has 0 saturated heterocycles. The molecule has 0 saturated carbocycles. The fourth-order valence-electron chi connectivity index (χ4n) is 2.29. The van der Waals surface area contributed by atoms with Gasteiger partial charge >= 0.3 is 11.8 Å². The van der Waals surface area contributed by atoms with Crippen molar-refractivity contribution in [3.63, 3.8) is 0 Å². The molecular weight excluding hydrogens is 292 g/mol. The van der Waals surface area contributed by atoms with E-state index in [4.69, 9.17) is 4.42 Å².